The lowest BCUT2D eigenvalue weighted by molar-refractivity contribution is -0.147. The number of alkyl halides is 2. The zero-order chi connectivity index (χ0) is 11.0. The van der Waals surface area contributed by atoms with E-state index in [0.29, 0.717) is 6.42 Å². The predicted molar refractivity (Wildman–Crippen MR) is 52.6 cm³/mol. The summed E-state index contributed by atoms with van der Waals surface area (Å²) in [6, 6.07) is 0. The Hall–Kier alpha value is -0.480. The van der Waals surface area contributed by atoms with Gasteiger partial charge in [-0.25, -0.2) is 0 Å². The first-order chi connectivity index (χ1) is 6.60. The van der Waals surface area contributed by atoms with E-state index in [1.54, 1.807) is 6.92 Å². The summed E-state index contributed by atoms with van der Waals surface area (Å²) < 4.78 is 9.50. The summed E-state index contributed by atoms with van der Waals surface area (Å²) in [6.07, 6.45) is 0.120. The van der Waals surface area contributed by atoms with Gasteiger partial charge in [0.2, 0.25) is 0 Å². The van der Waals surface area contributed by atoms with Crippen molar-refractivity contribution in [1.29, 1.82) is 0 Å². The van der Waals surface area contributed by atoms with Crippen molar-refractivity contribution in [2.75, 3.05) is 18.4 Å². The van der Waals surface area contributed by atoms with Crippen LogP contribution in [0.4, 0.5) is 0 Å². The van der Waals surface area contributed by atoms with E-state index in [1.165, 1.54) is 0 Å². The van der Waals surface area contributed by atoms with Crippen molar-refractivity contribution in [2.45, 2.75) is 19.4 Å². The Balaban J connectivity index is 3.49. The van der Waals surface area contributed by atoms with E-state index in [0.717, 1.165) is 0 Å². The number of halogens is 2. The van der Waals surface area contributed by atoms with Crippen LogP contribution in [0.15, 0.2) is 0 Å². The average molecular weight is 243 g/mol. The van der Waals surface area contributed by atoms with Gasteiger partial charge in [0.05, 0.1) is 6.61 Å². The predicted octanol–water partition coefficient (Wildman–Crippen LogP) is 1.33. The summed E-state index contributed by atoms with van der Waals surface area (Å²) >= 11 is 10.4. The minimum absolute atomic E-state index is 0.171. The van der Waals surface area contributed by atoms with Crippen molar-refractivity contribution < 1.29 is 19.1 Å². The van der Waals surface area contributed by atoms with Crippen molar-refractivity contribution >= 4 is 35.1 Å². The van der Waals surface area contributed by atoms with Gasteiger partial charge in [0.15, 0.2) is 0 Å². The Morgan fingerprint density at radius 3 is 2.29 bits per heavy atom. The van der Waals surface area contributed by atoms with Crippen LogP contribution < -0.4 is 0 Å². The molecule has 0 amide bonds. The summed E-state index contributed by atoms with van der Waals surface area (Å²) in [4.78, 5) is 21.3. The average Bonchev–Trinajstić information content (AvgIpc) is 2.17. The second kappa shape index (κ2) is 7.88. The molecular formula is C8H12Cl2O4. The van der Waals surface area contributed by atoms with E-state index < -0.39 is 11.9 Å². The number of hydrogen-bond acceptors (Lipinski definition) is 4. The topological polar surface area (TPSA) is 52.6 Å². The lowest BCUT2D eigenvalue weighted by Gasteiger charge is -2.11. The smallest absolute Gasteiger partial charge is 0.321 e. The molecule has 82 valence electrons. The van der Waals surface area contributed by atoms with Crippen LogP contribution in [0.5, 0.6) is 0 Å². The summed E-state index contributed by atoms with van der Waals surface area (Å²) in [5, 5.41) is 0. The molecule has 0 aromatic rings. The van der Waals surface area contributed by atoms with Crippen LogP contribution >= 0.6 is 23.2 Å². The fraction of sp³-hybridized carbons (Fsp3) is 0.750. The van der Waals surface area contributed by atoms with Gasteiger partial charge in [-0.3, -0.25) is 9.59 Å². The Bertz CT molecular complexity index is 196. The third-order valence-electron chi connectivity index (χ3n) is 1.34. The molecule has 0 saturated heterocycles. The van der Waals surface area contributed by atoms with Crippen molar-refractivity contribution in [1.82, 2.24) is 0 Å². The van der Waals surface area contributed by atoms with E-state index in [4.69, 9.17) is 27.9 Å². The zero-order valence-corrected chi connectivity index (χ0v) is 9.31. The molecule has 0 heterocycles. The minimum atomic E-state index is -0.484. The Morgan fingerprint density at radius 1 is 1.21 bits per heavy atom. The van der Waals surface area contributed by atoms with Crippen LogP contribution in [0.3, 0.4) is 0 Å². The fourth-order valence-corrected chi connectivity index (χ4v) is 0.832. The standard InChI is InChI=1S/C8H12Cl2O4/c1-6(14-8(12)5-10)2-3-13-7(11)4-9/h6H,2-5H2,1H3/t6-/m1/s1. The number of carbonyl (C=O) groups is 2. The molecule has 4 nitrogen and oxygen atoms in total. The van der Waals surface area contributed by atoms with Crippen LogP contribution in [-0.4, -0.2) is 36.4 Å². The van der Waals surface area contributed by atoms with Crippen LogP contribution in [0.25, 0.3) is 0 Å². The van der Waals surface area contributed by atoms with Crippen molar-refractivity contribution in [2.24, 2.45) is 0 Å². The van der Waals surface area contributed by atoms with Gasteiger partial charge < -0.3 is 9.47 Å². The number of hydrogen-bond donors (Lipinski definition) is 0. The summed E-state index contributed by atoms with van der Waals surface area (Å²) in [5.41, 5.74) is 0. The number of ether oxygens (including phenoxy) is 2. The number of rotatable bonds is 6. The van der Waals surface area contributed by atoms with E-state index in [1.807, 2.05) is 0 Å². The molecule has 0 N–H and O–H groups in total. The molecular weight excluding hydrogens is 231 g/mol. The lowest BCUT2D eigenvalue weighted by Crippen LogP contribution is -2.18. The maximum atomic E-state index is 10.7. The van der Waals surface area contributed by atoms with Gasteiger partial charge >= 0.3 is 11.9 Å². The third-order valence-corrected chi connectivity index (χ3v) is 1.77. The van der Waals surface area contributed by atoms with Crippen LogP contribution in [0, 0.1) is 0 Å². The highest BCUT2D eigenvalue weighted by molar-refractivity contribution is 6.26. The van der Waals surface area contributed by atoms with Crippen LogP contribution in [-0.2, 0) is 19.1 Å². The van der Waals surface area contributed by atoms with E-state index >= 15 is 0 Å². The molecule has 0 aliphatic heterocycles. The highest BCUT2D eigenvalue weighted by atomic mass is 35.5. The summed E-state index contributed by atoms with van der Waals surface area (Å²) in [6.45, 7) is 1.88. The molecule has 0 radical (unpaired) electrons. The maximum Gasteiger partial charge on any atom is 0.321 e. The van der Waals surface area contributed by atoms with E-state index in [2.05, 4.69) is 4.74 Å². The molecule has 1 atom stereocenters. The van der Waals surface area contributed by atoms with E-state index in [9.17, 15) is 9.59 Å². The summed E-state index contributed by atoms with van der Waals surface area (Å²) in [7, 11) is 0. The second-order valence-electron chi connectivity index (χ2n) is 2.58. The number of carbonyl (C=O) groups excluding carboxylic acids is 2. The lowest BCUT2D eigenvalue weighted by atomic mass is 10.3. The normalized spacial score (nSPS) is 11.9. The summed E-state index contributed by atoms with van der Waals surface area (Å²) in [5.74, 6) is -1.31. The molecule has 0 unspecified atom stereocenters. The van der Waals surface area contributed by atoms with Gasteiger partial charge in [-0.1, -0.05) is 0 Å². The minimum Gasteiger partial charge on any atom is -0.465 e. The van der Waals surface area contributed by atoms with Gasteiger partial charge in [-0.05, 0) is 6.92 Å². The molecule has 0 rings (SSSR count). The Morgan fingerprint density at radius 2 is 1.79 bits per heavy atom. The molecule has 0 aromatic carbocycles. The third kappa shape index (κ3) is 6.97. The van der Waals surface area contributed by atoms with Crippen molar-refractivity contribution in [3.8, 4) is 0 Å². The molecule has 0 bridgehead atoms. The first kappa shape index (κ1) is 13.5. The largest absolute Gasteiger partial charge is 0.465 e. The fourth-order valence-electron chi connectivity index (χ4n) is 0.692. The van der Waals surface area contributed by atoms with E-state index in [-0.39, 0.29) is 24.5 Å². The van der Waals surface area contributed by atoms with Gasteiger partial charge in [-0.2, -0.15) is 0 Å². The molecule has 0 spiro atoms. The molecule has 0 saturated carbocycles. The first-order valence-corrected chi connectivity index (χ1v) is 5.14. The number of esters is 2. The monoisotopic (exact) mass is 242 g/mol. The van der Waals surface area contributed by atoms with Gasteiger partial charge in [0, 0.05) is 6.42 Å². The molecule has 6 heteroatoms. The molecule has 14 heavy (non-hydrogen) atoms. The molecule has 0 aliphatic carbocycles. The SMILES string of the molecule is C[C@H](CCOC(=O)CCl)OC(=O)CCl. The Labute approximate surface area is 92.5 Å². The van der Waals surface area contributed by atoms with Gasteiger partial charge in [0.25, 0.3) is 0 Å². The van der Waals surface area contributed by atoms with Gasteiger partial charge in [0.1, 0.15) is 17.9 Å². The maximum absolute atomic E-state index is 10.7. The second-order valence-corrected chi connectivity index (χ2v) is 3.11. The highest BCUT2D eigenvalue weighted by Crippen LogP contribution is 1.99. The van der Waals surface area contributed by atoms with Crippen LogP contribution in [0.1, 0.15) is 13.3 Å². The Kier molecular flexibility index (Phi) is 7.61. The van der Waals surface area contributed by atoms with Crippen LogP contribution in [0.2, 0.25) is 0 Å². The molecule has 0 fully saturated rings. The van der Waals surface area contributed by atoms with Gasteiger partial charge in [-0.15, -0.1) is 23.2 Å². The van der Waals surface area contributed by atoms with Crippen molar-refractivity contribution in [3.05, 3.63) is 0 Å². The molecule has 0 aromatic heterocycles. The zero-order valence-electron chi connectivity index (χ0n) is 7.79. The molecule has 0 aliphatic rings. The van der Waals surface area contributed by atoms with Crippen molar-refractivity contribution in [3.63, 3.8) is 0 Å². The highest BCUT2D eigenvalue weighted by Gasteiger charge is 2.09. The first-order valence-electron chi connectivity index (χ1n) is 4.07. The quantitative estimate of drug-likeness (QED) is 0.521.